The zero-order valence-corrected chi connectivity index (χ0v) is 16.6. The zero-order chi connectivity index (χ0) is 22.8. The van der Waals surface area contributed by atoms with E-state index in [1.54, 1.807) is 12.1 Å². The monoisotopic (exact) mass is 454 g/mol. The molecule has 0 radical (unpaired) electrons. The molecule has 31 heavy (non-hydrogen) atoms. The minimum atomic E-state index is -4.69. The number of hydrogen-bond donors (Lipinski definition) is 3. The Labute approximate surface area is 178 Å². The summed E-state index contributed by atoms with van der Waals surface area (Å²) >= 11 is 0.658. The number of alkyl halides is 3. The molecule has 2 aromatic carbocycles. The Balaban J connectivity index is 1.77. The predicted molar refractivity (Wildman–Crippen MR) is 106 cm³/mol. The maximum Gasteiger partial charge on any atom is 0.416 e. The van der Waals surface area contributed by atoms with Crippen LogP contribution in [-0.4, -0.2) is 33.5 Å². The van der Waals surface area contributed by atoms with Gasteiger partial charge in [0.2, 0.25) is 5.91 Å². The number of nitrogens with two attached hydrogens (primary N) is 1. The second-order valence-corrected chi connectivity index (χ2v) is 7.97. The molecule has 1 aliphatic rings. The number of imide groups is 1. The number of amides is 2. The molecule has 0 spiro atoms. The maximum absolute atomic E-state index is 13.6. The summed E-state index contributed by atoms with van der Waals surface area (Å²) in [4.78, 5) is 33.8. The first-order valence-electron chi connectivity index (χ1n) is 8.99. The fourth-order valence-corrected chi connectivity index (χ4v) is 3.81. The van der Waals surface area contributed by atoms with Gasteiger partial charge in [-0.3, -0.25) is 19.7 Å². The normalized spacial score (nSPS) is 17.4. The van der Waals surface area contributed by atoms with Crippen LogP contribution in [0.1, 0.15) is 16.7 Å². The average Bonchev–Trinajstić information content (AvgIpc) is 3.00. The minimum Gasteiger partial charge on any atom is -0.480 e. The van der Waals surface area contributed by atoms with E-state index in [1.807, 2.05) is 0 Å². The summed E-state index contributed by atoms with van der Waals surface area (Å²) in [6.07, 6.45) is -4.84. The molecule has 7 nitrogen and oxygen atoms in total. The lowest BCUT2D eigenvalue weighted by Crippen LogP contribution is -2.32. The van der Waals surface area contributed by atoms with Gasteiger partial charge in [-0.25, -0.2) is 0 Å². The summed E-state index contributed by atoms with van der Waals surface area (Å²) in [6, 6.07) is 8.47. The molecule has 2 unspecified atom stereocenters. The number of carboxylic acids is 1. The van der Waals surface area contributed by atoms with Gasteiger partial charge in [0.05, 0.1) is 10.8 Å². The summed E-state index contributed by atoms with van der Waals surface area (Å²) in [5.41, 5.74) is 5.03. The van der Waals surface area contributed by atoms with Crippen LogP contribution in [0.4, 0.5) is 18.0 Å². The second-order valence-electron chi connectivity index (χ2n) is 6.80. The number of carboxylic acid groups (broad SMARTS) is 1. The molecule has 0 aromatic heterocycles. The van der Waals surface area contributed by atoms with Gasteiger partial charge in [-0.2, -0.15) is 13.2 Å². The number of hydrogen-bond acceptors (Lipinski definition) is 6. The highest BCUT2D eigenvalue weighted by Gasteiger charge is 2.37. The standard InChI is InChI=1S/C20H17F3N2O5S/c21-20(22,23)14-9-13(6-3-11(14)8-16-17(26)25-19(29)31-16)30-12-4-1-10(2-5-12)7-15(24)18(27)28/h1-6,9,15-16H,7-8,24H2,(H,27,28)(H,25,26,29). The third-order valence-corrected chi connectivity index (χ3v) is 5.47. The average molecular weight is 454 g/mol. The fraction of sp³-hybridized carbons (Fsp3) is 0.250. The highest BCUT2D eigenvalue weighted by molar-refractivity contribution is 8.15. The summed E-state index contributed by atoms with van der Waals surface area (Å²) in [7, 11) is 0. The number of halogens is 3. The Bertz CT molecular complexity index is 1010. The molecule has 11 heteroatoms. The van der Waals surface area contributed by atoms with Gasteiger partial charge in [-0.1, -0.05) is 30.0 Å². The Morgan fingerprint density at radius 2 is 1.81 bits per heavy atom. The van der Waals surface area contributed by atoms with Gasteiger partial charge in [-0.15, -0.1) is 0 Å². The van der Waals surface area contributed by atoms with E-state index in [4.69, 9.17) is 15.6 Å². The summed E-state index contributed by atoms with van der Waals surface area (Å²) < 4.78 is 46.2. The van der Waals surface area contributed by atoms with Crippen LogP contribution in [0.5, 0.6) is 11.5 Å². The van der Waals surface area contributed by atoms with Crippen LogP contribution < -0.4 is 15.8 Å². The van der Waals surface area contributed by atoms with Crippen LogP contribution in [0.2, 0.25) is 0 Å². The molecule has 1 fully saturated rings. The van der Waals surface area contributed by atoms with Gasteiger partial charge in [0, 0.05) is 0 Å². The van der Waals surface area contributed by atoms with E-state index in [9.17, 15) is 27.6 Å². The smallest absolute Gasteiger partial charge is 0.416 e. The van der Waals surface area contributed by atoms with Crippen molar-refractivity contribution in [1.29, 1.82) is 0 Å². The molecule has 2 atom stereocenters. The molecule has 0 bridgehead atoms. The Morgan fingerprint density at radius 1 is 1.16 bits per heavy atom. The van der Waals surface area contributed by atoms with Crippen molar-refractivity contribution < 1.29 is 37.4 Å². The molecule has 2 amide bonds. The summed E-state index contributed by atoms with van der Waals surface area (Å²) in [5, 5.41) is 9.38. The fourth-order valence-electron chi connectivity index (χ4n) is 2.96. The van der Waals surface area contributed by atoms with E-state index in [-0.39, 0.29) is 29.9 Å². The van der Waals surface area contributed by atoms with Crippen molar-refractivity contribution >= 4 is 28.9 Å². The second kappa shape index (κ2) is 8.98. The van der Waals surface area contributed by atoms with Crippen molar-refractivity contribution in [2.75, 3.05) is 0 Å². The van der Waals surface area contributed by atoms with Crippen LogP contribution in [-0.2, 0) is 28.6 Å². The van der Waals surface area contributed by atoms with E-state index >= 15 is 0 Å². The van der Waals surface area contributed by atoms with E-state index in [2.05, 4.69) is 5.32 Å². The largest absolute Gasteiger partial charge is 0.480 e. The Morgan fingerprint density at radius 3 is 2.35 bits per heavy atom. The molecule has 3 rings (SSSR count). The number of ether oxygens (including phenoxy) is 1. The van der Waals surface area contributed by atoms with Gasteiger partial charge in [-0.05, 0) is 48.2 Å². The predicted octanol–water partition coefficient (Wildman–Crippen LogP) is 3.35. The van der Waals surface area contributed by atoms with Crippen LogP contribution >= 0.6 is 11.8 Å². The first-order chi connectivity index (χ1) is 14.5. The molecule has 0 saturated carbocycles. The number of carbonyl (C=O) groups excluding carboxylic acids is 2. The molecule has 1 heterocycles. The molecule has 0 aliphatic carbocycles. The Kier molecular flexibility index (Phi) is 6.56. The molecule has 1 aliphatic heterocycles. The van der Waals surface area contributed by atoms with Crippen LogP contribution in [0.3, 0.4) is 0 Å². The number of benzene rings is 2. The van der Waals surface area contributed by atoms with Crippen molar-refractivity contribution in [1.82, 2.24) is 5.32 Å². The molecular weight excluding hydrogens is 437 g/mol. The molecule has 2 aromatic rings. The van der Waals surface area contributed by atoms with Crippen LogP contribution in [0.25, 0.3) is 0 Å². The Hall–Kier alpha value is -3.05. The number of nitrogens with one attached hydrogen (secondary N) is 1. The lowest BCUT2D eigenvalue weighted by Gasteiger charge is -2.16. The maximum atomic E-state index is 13.6. The van der Waals surface area contributed by atoms with Crippen molar-refractivity contribution in [2.24, 2.45) is 5.73 Å². The number of carbonyl (C=O) groups is 3. The van der Waals surface area contributed by atoms with E-state index < -0.39 is 40.1 Å². The number of rotatable bonds is 7. The number of aliphatic carboxylic acids is 1. The van der Waals surface area contributed by atoms with Crippen molar-refractivity contribution in [2.45, 2.75) is 30.3 Å². The van der Waals surface area contributed by atoms with Crippen molar-refractivity contribution in [3.8, 4) is 11.5 Å². The minimum absolute atomic E-state index is 0.0642. The highest BCUT2D eigenvalue weighted by Crippen LogP contribution is 2.37. The van der Waals surface area contributed by atoms with Crippen LogP contribution in [0, 0.1) is 0 Å². The lowest BCUT2D eigenvalue weighted by molar-refractivity contribution is -0.139. The van der Waals surface area contributed by atoms with Gasteiger partial charge < -0.3 is 15.6 Å². The topological polar surface area (TPSA) is 119 Å². The zero-order valence-electron chi connectivity index (χ0n) is 15.8. The first kappa shape index (κ1) is 22.6. The van der Waals surface area contributed by atoms with Gasteiger partial charge in [0.25, 0.3) is 5.24 Å². The summed E-state index contributed by atoms with van der Waals surface area (Å²) in [6.45, 7) is 0. The van der Waals surface area contributed by atoms with Gasteiger partial charge in [0.1, 0.15) is 17.5 Å². The lowest BCUT2D eigenvalue weighted by atomic mass is 10.0. The van der Waals surface area contributed by atoms with Crippen LogP contribution in [0.15, 0.2) is 42.5 Å². The van der Waals surface area contributed by atoms with E-state index in [1.165, 1.54) is 24.3 Å². The number of thioether (sulfide) groups is 1. The van der Waals surface area contributed by atoms with Crippen molar-refractivity contribution in [3.63, 3.8) is 0 Å². The SMILES string of the molecule is NC(Cc1ccc(Oc2ccc(CC3SC(=O)NC3=O)c(C(F)(F)F)c2)cc1)C(=O)O. The molecule has 1 saturated heterocycles. The van der Waals surface area contributed by atoms with Crippen molar-refractivity contribution in [3.05, 3.63) is 59.2 Å². The molecule has 4 N–H and O–H groups in total. The van der Waals surface area contributed by atoms with Gasteiger partial charge in [0.15, 0.2) is 0 Å². The third-order valence-electron chi connectivity index (χ3n) is 4.49. The third kappa shape index (κ3) is 5.76. The molecule has 164 valence electrons. The van der Waals surface area contributed by atoms with E-state index in [0.717, 1.165) is 6.07 Å². The quantitative estimate of drug-likeness (QED) is 0.587. The first-order valence-corrected chi connectivity index (χ1v) is 9.87. The van der Waals surface area contributed by atoms with Gasteiger partial charge >= 0.3 is 12.1 Å². The molecular formula is C20H17F3N2O5S. The van der Waals surface area contributed by atoms with E-state index in [0.29, 0.717) is 17.3 Å². The summed E-state index contributed by atoms with van der Waals surface area (Å²) in [5.74, 6) is -1.57. The highest BCUT2D eigenvalue weighted by atomic mass is 32.2.